The monoisotopic (exact) mass is 726 g/mol. The Labute approximate surface area is 322 Å². The Bertz CT molecular complexity index is 654. The van der Waals surface area contributed by atoms with Crippen LogP contribution in [0.3, 0.4) is 0 Å². The Morgan fingerprint density at radius 2 is 0.588 bits per heavy atom. The first-order valence-corrected chi connectivity index (χ1v) is 23.3. The van der Waals surface area contributed by atoms with Crippen molar-refractivity contribution < 1.29 is 19.2 Å². The zero-order valence-corrected chi connectivity index (χ0v) is 36.6. The van der Waals surface area contributed by atoms with Gasteiger partial charge in [0.1, 0.15) is 25.3 Å². The van der Waals surface area contributed by atoms with Gasteiger partial charge in [0.2, 0.25) is 0 Å². The van der Waals surface area contributed by atoms with Crippen molar-refractivity contribution in [2.24, 2.45) is 0 Å². The van der Waals surface area contributed by atoms with Crippen LogP contribution in [0.25, 0.3) is 0 Å². The van der Waals surface area contributed by atoms with E-state index in [4.69, 9.17) is 0 Å². The van der Waals surface area contributed by atoms with E-state index in [-0.39, 0.29) is 12.2 Å². The number of aliphatic hydroxyl groups excluding tert-OH is 2. The molecule has 5 nitrogen and oxygen atoms in total. The second-order valence-electron chi connectivity index (χ2n) is 18.3. The summed E-state index contributed by atoms with van der Waals surface area (Å²) in [4.78, 5) is 2.40. The van der Waals surface area contributed by atoms with Crippen LogP contribution in [-0.2, 0) is 0 Å². The molecule has 0 radical (unpaired) electrons. The first-order valence-electron chi connectivity index (χ1n) is 23.3. The number of nitrogens with zero attached hydrogens (tertiary/aromatic N) is 3. The maximum atomic E-state index is 11.3. The molecule has 0 spiro atoms. The molecular formula is C46H99N3O2+2. The Balaban J connectivity index is 4.67. The van der Waals surface area contributed by atoms with Crippen molar-refractivity contribution in [1.82, 2.24) is 4.90 Å². The zero-order valence-electron chi connectivity index (χ0n) is 36.6. The molecule has 2 N–H and O–H groups in total. The van der Waals surface area contributed by atoms with E-state index in [1.807, 2.05) is 0 Å². The average Bonchev–Trinajstić information content (AvgIpc) is 3.06. The molecule has 308 valence electrons. The van der Waals surface area contributed by atoms with Crippen LogP contribution in [-0.4, -0.2) is 110 Å². The van der Waals surface area contributed by atoms with Gasteiger partial charge in [-0.3, -0.25) is 4.90 Å². The zero-order chi connectivity index (χ0) is 37.9. The lowest BCUT2D eigenvalue weighted by molar-refractivity contribution is -0.893. The van der Waals surface area contributed by atoms with Crippen molar-refractivity contribution in [2.45, 2.75) is 226 Å². The molecule has 0 saturated carbocycles. The number of hydrogen-bond donors (Lipinski definition) is 2. The molecule has 5 heteroatoms. The molecule has 51 heavy (non-hydrogen) atoms. The van der Waals surface area contributed by atoms with Gasteiger partial charge in [-0.15, -0.1) is 0 Å². The lowest BCUT2D eigenvalue weighted by Crippen LogP contribution is -2.52. The highest BCUT2D eigenvalue weighted by atomic mass is 16.3. The molecule has 2 unspecified atom stereocenters. The molecule has 0 aliphatic rings. The fourth-order valence-electron chi connectivity index (χ4n) is 8.17. The van der Waals surface area contributed by atoms with Crippen LogP contribution in [0.4, 0.5) is 0 Å². The first-order chi connectivity index (χ1) is 24.5. The Morgan fingerprint density at radius 3 is 0.863 bits per heavy atom. The van der Waals surface area contributed by atoms with Crippen LogP contribution < -0.4 is 0 Å². The summed E-state index contributed by atoms with van der Waals surface area (Å²) in [5.74, 6) is 0. The van der Waals surface area contributed by atoms with E-state index in [1.165, 1.54) is 193 Å². The smallest absolute Gasteiger partial charge is 0.115 e. The minimum absolute atomic E-state index is 0.354. The standard InChI is InChI=1S/C46H99N3O2/c1-8-11-14-17-20-23-26-29-32-35-38-47(41-45(50)43-48(4,5)39-36-33-30-27-24-21-18-15-12-9-2)42-46(51)44-49(6,7)40-37-34-31-28-25-22-19-16-13-10-3/h45-46,50-51H,8-44H2,1-7H3/q+2. The van der Waals surface area contributed by atoms with E-state index in [1.54, 1.807) is 0 Å². The van der Waals surface area contributed by atoms with Crippen molar-refractivity contribution in [1.29, 1.82) is 0 Å². The topological polar surface area (TPSA) is 43.7 Å². The number of rotatable bonds is 41. The van der Waals surface area contributed by atoms with Crippen LogP contribution in [0.15, 0.2) is 0 Å². The molecule has 0 aliphatic heterocycles. The van der Waals surface area contributed by atoms with Crippen molar-refractivity contribution in [3.05, 3.63) is 0 Å². The largest absolute Gasteiger partial charge is 0.386 e. The van der Waals surface area contributed by atoms with Gasteiger partial charge in [0.15, 0.2) is 0 Å². The van der Waals surface area contributed by atoms with Crippen molar-refractivity contribution in [3.8, 4) is 0 Å². The summed E-state index contributed by atoms with van der Waals surface area (Å²) in [7, 11) is 9.19. The second-order valence-corrected chi connectivity index (χ2v) is 18.3. The van der Waals surface area contributed by atoms with E-state index >= 15 is 0 Å². The lowest BCUT2D eigenvalue weighted by Gasteiger charge is -2.36. The maximum absolute atomic E-state index is 11.3. The number of likely N-dealkylation sites (N-methyl/N-ethyl adjacent to an activating group) is 2. The van der Waals surface area contributed by atoms with E-state index in [0.29, 0.717) is 13.1 Å². The van der Waals surface area contributed by atoms with E-state index < -0.39 is 0 Å². The summed E-state index contributed by atoms with van der Waals surface area (Å²) in [6.45, 7) is 13.1. The van der Waals surface area contributed by atoms with Gasteiger partial charge in [0, 0.05) is 13.1 Å². The summed E-state index contributed by atoms with van der Waals surface area (Å²) in [5, 5.41) is 22.7. The second kappa shape index (κ2) is 35.5. The molecule has 0 saturated heterocycles. The summed E-state index contributed by atoms with van der Waals surface area (Å²) >= 11 is 0. The van der Waals surface area contributed by atoms with Crippen LogP contribution in [0.5, 0.6) is 0 Å². The van der Waals surface area contributed by atoms with Crippen molar-refractivity contribution >= 4 is 0 Å². The highest BCUT2D eigenvalue weighted by molar-refractivity contribution is 4.70. The number of unbranched alkanes of at least 4 members (excludes halogenated alkanes) is 27. The fourth-order valence-corrected chi connectivity index (χ4v) is 8.17. The number of hydrogen-bond acceptors (Lipinski definition) is 3. The molecule has 2 atom stereocenters. The third kappa shape index (κ3) is 36.5. The minimum Gasteiger partial charge on any atom is -0.386 e. The van der Waals surface area contributed by atoms with Crippen LogP contribution in [0, 0.1) is 0 Å². The van der Waals surface area contributed by atoms with Gasteiger partial charge in [0.05, 0.1) is 41.3 Å². The van der Waals surface area contributed by atoms with Gasteiger partial charge in [-0.1, -0.05) is 181 Å². The molecule has 0 aromatic heterocycles. The Hall–Kier alpha value is -0.200. The minimum atomic E-state index is -0.354. The van der Waals surface area contributed by atoms with Gasteiger partial charge < -0.3 is 19.2 Å². The average molecular weight is 726 g/mol. The Kier molecular flexibility index (Phi) is 35.4. The van der Waals surface area contributed by atoms with E-state index in [0.717, 1.165) is 41.7 Å². The SMILES string of the molecule is CCCCCCCCCCCCN(CC(O)C[N+](C)(C)CCCCCCCCCCCC)CC(O)C[N+](C)(C)CCCCCCCCCCCC. The summed E-state index contributed by atoms with van der Waals surface area (Å²) in [5.41, 5.74) is 0. The molecule has 0 aromatic rings. The molecule has 0 heterocycles. The molecule has 0 aromatic carbocycles. The molecule has 0 bridgehead atoms. The molecule has 0 rings (SSSR count). The predicted octanol–water partition coefficient (Wildman–Crippen LogP) is 11.9. The predicted molar refractivity (Wildman–Crippen MR) is 228 cm³/mol. The van der Waals surface area contributed by atoms with Gasteiger partial charge >= 0.3 is 0 Å². The normalized spacial score (nSPS) is 13.8. The summed E-state index contributed by atoms with van der Waals surface area (Å²) in [6, 6.07) is 0. The fraction of sp³-hybridized carbons (Fsp3) is 1.00. The van der Waals surface area contributed by atoms with Gasteiger partial charge in [0.25, 0.3) is 0 Å². The summed E-state index contributed by atoms with van der Waals surface area (Å²) in [6.07, 6.45) is 40.0. The number of quaternary nitrogens is 2. The molecule has 0 aliphatic carbocycles. The maximum Gasteiger partial charge on any atom is 0.115 e. The molecule has 0 fully saturated rings. The van der Waals surface area contributed by atoms with E-state index in [9.17, 15) is 10.2 Å². The van der Waals surface area contributed by atoms with Crippen LogP contribution >= 0.6 is 0 Å². The highest BCUT2D eigenvalue weighted by Crippen LogP contribution is 2.16. The molecular weight excluding hydrogens is 627 g/mol. The van der Waals surface area contributed by atoms with Gasteiger partial charge in [-0.05, 0) is 38.6 Å². The van der Waals surface area contributed by atoms with Crippen molar-refractivity contribution in [3.63, 3.8) is 0 Å². The third-order valence-corrected chi connectivity index (χ3v) is 11.4. The van der Waals surface area contributed by atoms with Crippen molar-refractivity contribution in [2.75, 3.05) is 74.0 Å². The third-order valence-electron chi connectivity index (χ3n) is 11.4. The Morgan fingerprint density at radius 1 is 0.353 bits per heavy atom. The summed E-state index contributed by atoms with van der Waals surface area (Å²) < 4.78 is 1.77. The van der Waals surface area contributed by atoms with Gasteiger partial charge in [-0.25, -0.2) is 0 Å². The number of aliphatic hydroxyl groups is 2. The highest BCUT2D eigenvalue weighted by Gasteiger charge is 2.26. The quantitative estimate of drug-likeness (QED) is 0.0487. The molecule has 0 amide bonds. The van der Waals surface area contributed by atoms with E-state index in [2.05, 4.69) is 53.9 Å². The lowest BCUT2D eigenvalue weighted by atomic mass is 10.1. The van der Waals surface area contributed by atoms with Gasteiger partial charge in [-0.2, -0.15) is 0 Å². The van der Waals surface area contributed by atoms with Crippen LogP contribution in [0.1, 0.15) is 213 Å². The first kappa shape index (κ1) is 50.8. The van der Waals surface area contributed by atoms with Crippen LogP contribution in [0.2, 0.25) is 0 Å².